The van der Waals surface area contributed by atoms with Crippen LogP contribution in [0.25, 0.3) is 0 Å². The summed E-state index contributed by atoms with van der Waals surface area (Å²) >= 11 is 3.46. The number of benzene rings is 2. The molecule has 0 aliphatic carbocycles. The smallest absolute Gasteiger partial charge is 0.0623 e. The fraction of sp³-hybridized carbons (Fsp3) is 0.143. The molecule has 2 nitrogen and oxygen atoms in total. The van der Waals surface area contributed by atoms with E-state index in [1.54, 1.807) is 0 Å². The number of halogens is 1. The van der Waals surface area contributed by atoms with Gasteiger partial charge in [0.1, 0.15) is 0 Å². The standard InChI is InChI=1S/C14H14BrNOS/c1-10-6-7-13(16)14(8-10)18(17)9-11-4-2-3-5-12(11)15/h2-8H,9,16H2,1H3. The first-order chi connectivity index (χ1) is 8.58. The van der Waals surface area contributed by atoms with Gasteiger partial charge in [-0.25, -0.2) is 0 Å². The topological polar surface area (TPSA) is 43.1 Å². The third-order valence-electron chi connectivity index (χ3n) is 2.66. The van der Waals surface area contributed by atoms with Crippen LogP contribution in [0.5, 0.6) is 0 Å². The normalized spacial score (nSPS) is 12.3. The van der Waals surface area contributed by atoms with Crippen molar-refractivity contribution in [2.24, 2.45) is 0 Å². The quantitative estimate of drug-likeness (QED) is 0.876. The van der Waals surface area contributed by atoms with Gasteiger partial charge in [0.25, 0.3) is 0 Å². The molecule has 2 aromatic carbocycles. The third-order valence-corrected chi connectivity index (χ3v) is 4.85. The fourth-order valence-corrected chi connectivity index (χ4v) is 3.62. The predicted molar refractivity (Wildman–Crippen MR) is 79.8 cm³/mol. The lowest BCUT2D eigenvalue weighted by atomic mass is 10.2. The molecule has 1 unspecified atom stereocenters. The number of nitrogen functional groups attached to an aromatic ring is 1. The molecular formula is C14H14BrNOS. The van der Waals surface area contributed by atoms with Crippen LogP contribution in [0.1, 0.15) is 11.1 Å². The van der Waals surface area contributed by atoms with Crippen LogP contribution in [0.2, 0.25) is 0 Å². The zero-order valence-electron chi connectivity index (χ0n) is 10.0. The monoisotopic (exact) mass is 323 g/mol. The van der Waals surface area contributed by atoms with E-state index in [0.29, 0.717) is 16.3 Å². The van der Waals surface area contributed by atoms with Crippen LogP contribution in [0, 0.1) is 6.92 Å². The summed E-state index contributed by atoms with van der Waals surface area (Å²) in [5.41, 5.74) is 8.56. The number of nitrogens with two attached hydrogens (primary N) is 1. The molecule has 1 atom stereocenters. The highest BCUT2D eigenvalue weighted by Crippen LogP contribution is 2.23. The number of rotatable bonds is 3. The van der Waals surface area contributed by atoms with Gasteiger partial charge in [-0.05, 0) is 36.2 Å². The molecule has 0 fully saturated rings. The van der Waals surface area contributed by atoms with Gasteiger partial charge in [0, 0.05) is 10.2 Å². The van der Waals surface area contributed by atoms with E-state index in [2.05, 4.69) is 15.9 Å². The highest BCUT2D eigenvalue weighted by Gasteiger charge is 2.10. The van der Waals surface area contributed by atoms with E-state index in [1.165, 1.54) is 0 Å². The van der Waals surface area contributed by atoms with Gasteiger partial charge in [0.15, 0.2) is 0 Å². The van der Waals surface area contributed by atoms with Gasteiger partial charge in [0.2, 0.25) is 0 Å². The number of anilines is 1. The Labute approximate surface area is 118 Å². The Balaban J connectivity index is 2.28. The summed E-state index contributed by atoms with van der Waals surface area (Å²) in [7, 11) is -1.12. The summed E-state index contributed by atoms with van der Waals surface area (Å²) in [6, 6.07) is 13.4. The van der Waals surface area contributed by atoms with Gasteiger partial charge in [-0.2, -0.15) is 0 Å². The van der Waals surface area contributed by atoms with Crippen LogP contribution in [-0.2, 0) is 16.6 Å². The van der Waals surface area contributed by atoms with Crippen molar-refractivity contribution in [2.45, 2.75) is 17.6 Å². The van der Waals surface area contributed by atoms with E-state index in [1.807, 2.05) is 49.4 Å². The lowest BCUT2D eigenvalue weighted by Gasteiger charge is -2.08. The van der Waals surface area contributed by atoms with Gasteiger partial charge < -0.3 is 5.73 Å². The van der Waals surface area contributed by atoms with Crippen molar-refractivity contribution in [3.63, 3.8) is 0 Å². The van der Waals surface area contributed by atoms with E-state index in [9.17, 15) is 4.21 Å². The zero-order valence-corrected chi connectivity index (χ0v) is 12.4. The van der Waals surface area contributed by atoms with Gasteiger partial charge in [-0.15, -0.1) is 0 Å². The molecule has 0 saturated carbocycles. The fourth-order valence-electron chi connectivity index (χ4n) is 1.67. The summed E-state index contributed by atoms with van der Waals surface area (Å²) in [5, 5.41) is 0. The van der Waals surface area contributed by atoms with E-state index in [0.717, 1.165) is 15.6 Å². The van der Waals surface area contributed by atoms with Crippen molar-refractivity contribution in [1.29, 1.82) is 0 Å². The Morgan fingerprint density at radius 1 is 1.22 bits per heavy atom. The maximum absolute atomic E-state index is 12.3. The molecule has 2 rings (SSSR count). The lowest BCUT2D eigenvalue weighted by molar-refractivity contribution is 0.683. The first kappa shape index (κ1) is 13.3. The SMILES string of the molecule is Cc1ccc(N)c(S(=O)Cc2ccccc2Br)c1. The highest BCUT2D eigenvalue weighted by atomic mass is 79.9. The minimum Gasteiger partial charge on any atom is -0.398 e. The summed E-state index contributed by atoms with van der Waals surface area (Å²) < 4.78 is 13.3. The van der Waals surface area contributed by atoms with Gasteiger partial charge in [-0.3, -0.25) is 4.21 Å². The minimum absolute atomic E-state index is 0.467. The lowest BCUT2D eigenvalue weighted by Crippen LogP contribution is -2.01. The third kappa shape index (κ3) is 3.00. The van der Waals surface area contributed by atoms with Crippen LogP contribution < -0.4 is 5.73 Å². The number of aryl methyl sites for hydroxylation is 1. The average Bonchev–Trinajstić information content (AvgIpc) is 2.35. The maximum atomic E-state index is 12.3. The first-order valence-electron chi connectivity index (χ1n) is 5.56. The van der Waals surface area contributed by atoms with Crippen LogP contribution in [0.15, 0.2) is 51.8 Å². The Bertz CT molecular complexity index is 598. The average molecular weight is 324 g/mol. The molecule has 0 aromatic heterocycles. The van der Waals surface area contributed by atoms with Crippen molar-refractivity contribution in [3.05, 3.63) is 58.1 Å². The summed E-state index contributed by atoms with van der Waals surface area (Å²) in [6.07, 6.45) is 0. The van der Waals surface area contributed by atoms with Crippen molar-refractivity contribution < 1.29 is 4.21 Å². The summed E-state index contributed by atoms with van der Waals surface area (Å²) in [4.78, 5) is 0.714. The molecule has 94 valence electrons. The first-order valence-corrected chi connectivity index (χ1v) is 7.67. The summed E-state index contributed by atoms with van der Waals surface area (Å²) in [5.74, 6) is 0.467. The van der Waals surface area contributed by atoms with Crippen LogP contribution >= 0.6 is 15.9 Å². The zero-order chi connectivity index (χ0) is 13.1. The summed E-state index contributed by atoms with van der Waals surface area (Å²) in [6.45, 7) is 1.97. The molecule has 0 saturated heterocycles. The molecule has 0 amide bonds. The second-order valence-corrected chi connectivity index (χ2v) is 6.40. The second kappa shape index (κ2) is 5.67. The number of hydrogen-bond donors (Lipinski definition) is 1. The molecule has 0 heterocycles. The molecule has 18 heavy (non-hydrogen) atoms. The van der Waals surface area contributed by atoms with Gasteiger partial charge >= 0.3 is 0 Å². The van der Waals surface area contributed by atoms with Crippen molar-refractivity contribution in [1.82, 2.24) is 0 Å². The van der Waals surface area contributed by atoms with Crippen LogP contribution in [0.3, 0.4) is 0 Å². The van der Waals surface area contributed by atoms with Gasteiger partial charge in [0.05, 0.1) is 21.4 Å². The van der Waals surface area contributed by atoms with E-state index in [-0.39, 0.29) is 0 Å². The molecule has 2 N–H and O–H groups in total. The molecule has 0 aliphatic rings. The predicted octanol–water partition coefficient (Wildman–Crippen LogP) is 3.65. The molecule has 0 bridgehead atoms. The Kier molecular flexibility index (Phi) is 4.19. The molecule has 4 heteroatoms. The van der Waals surface area contributed by atoms with Crippen LogP contribution in [0.4, 0.5) is 5.69 Å². The number of hydrogen-bond acceptors (Lipinski definition) is 2. The molecule has 0 aliphatic heterocycles. The maximum Gasteiger partial charge on any atom is 0.0623 e. The second-order valence-electron chi connectivity index (χ2n) is 4.12. The molecule has 2 aromatic rings. The van der Waals surface area contributed by atoms with Crippen molar-refractivity contribution >= 4 is 32.4 Å². The van der Waals surface area contributed by atoms with Crippen molar-refractivity contribution in [2.75, 3.05) is 5.73 Å². The molecule has 0 spiro atoms. The van der Waals surface area contributed by atoms with E-state index in [4.69, 9.17) is 5.73 Å². The minimum atomic E-state index is -1.12. The van der Waals surface area contributed by atoms with Crippen molar-refractivity contribution in [3.8, 4) is 0 Å². The van der Waals surface area contributed by atoms with Gasteiger partial charge in [-0.1, -0.05) is 40.2 Å². The van der Waals surface area contributed by atoms with E-state index >= 15 is 0 Å². The Hall–Kier alpha value is -1.13. The largest absolute Gasteiger partial charge is 0.398 e. The van der Waals surface area contributed by atoms with Crippen LogP contribution in [-0.4, -0.2) is 4.21 Å². The highest BCUT2D eigenvalue weighted by molar-refractivity contribution is 9.10. The van der Waals surface area contributed by atoms with E-state index < -0.39 is 10.8 Å². The molecule has 0 radical (unpaired) electrons. The Morgan fingerprint density at radius 3 is 2.67 bits per heavy atom. The molecular weight excluding hydrogens is 310 g/mol. The Morgan fingerprint density at radius 2 is 1.94 bits per heavy atom.